The van der Waals surface area contributed by atoms with E-state index >= 15 is 0 Å². The van der Waals surface area contributed by atoms with Crippen molar-refractivity contribution in [2.45, 2.75) is 6.92 Å². The van der Waals surface area contributed by atoms with Crippen LogP contribution in [0, 0.1) is 0 Å². The van der Waals surface area contributed by atoms with Gasteiger partial charge in [0.1, 0.15) is 6.54 Å². The molecule has 0 saturated heterocycles. The number of carboxylic acid groups (broad SMARTS) is 1. The Morgan fingerprint density at radius 2 is 1.65 bits per heavy atom. The lowest BCUT2D eigenvalue weighted by Crippen LogP contribution is -2.46. The number of nitrogens with two attached hydrogens (primary N) is 1. The number of amides is 3. The summed E-state index contributed by atoms with van der Waals surface area (Å²) in [5, 5.41) is 8.56. The Morgan fingerprint density at radius 3 is 2.00 bits per heavy atom. The molecule has 96 valence electrons. The van der Waals surface area contributed by atoms with Gasteiger partial charge in [-0.2, -0.15) is 0 Å². The molecule has 0 aliphatic heterocycles. The van der Waals surface area contributed by atoms with Crippen molar-refractivity contribution >= 4 is 23.7 Å². The Kier molecular flexibility index (Phi) is 5.65. The summed E-state index contributed by atoms with van der Waals surface area (Å²) < 4.78 is 0. The largest absolute Gasteiger partial charge is 0.480 e. The first-order chi connectivity index (χ1) is 7.73. The molecule has 0 unspecified atom stereocenters. The van der Waals surface area contributed by atoms with Crippen molar-refractivity contribution in [3.05, 3.63) is 0 Å². The third kappa shape index (κ3) is 6.13. The first kappa shape index (κ1) is 14.9. The summed E-state index contributed by atoms with van der Waals surface area (Å²) >= 11 is 0. The van der Waals surface area contributed by atoms with Crippen LogP contribution in [0.5, 0.6) is 0 Å². The second kappa shape index (κ2) is 6.46. The maximum Gasteiger partial charge on any atom is 0.323 e. The van der Waals surface area contributed by atoms with Gasteiger partial charge >= 0.3 is 5.97 Å². The van der Waals surface area contributed by atoms with Crippen molar-refractivity contribution in [2.24, 2.45) is 5.73 Å². The van der Waals surface area contributed by atoms with Crippen LogP contribution in [-0.4, -0.2) is 65.3 Å². The van der Waals surface area contributed by atoms with E-state index in [4.69, 9.17) is 10.8 Å². The number of carboxylic acids is 1. The maximum absolute atomic E-state index is 11.6. The lowest BCUT2D eigenvalue weighted by molar-refractivity contribution is -0.146. The van der Waals surface area contributed by atoms with Crippen LogP contribution in [-0.2, 0) is 19.2 Å². The van der Waals surface area contributed by atoms with Crippen LogP contribution in [0.25, 0.3) is 0 Å². The normalized spacial score (nSPS) is 9.53. The Labute approximate surface area is 98.0 Å². The minimum atomic E-state index is -1.26. The van der Waals surface area contributed by atoms with E-state index in [0.29, 0.717) is 0 Å². The number of carbonyl (C=O) groups is 4. The topological polar surface area (TPSA) is 121 Å². The fourth-order valence-corrected chi connectivity index (χ4v) is 0.998. The molecule has 3 N–H and O–H groups in total. The predicted molar refractivity (Wildman–Crippen MR) is 56.7 cm³/mol. The summed E-state index contributed by atoms with van der Waals surface area (Å²) in [4.78, 5) is 45.5. The Bertz CT molecular complexity index is 326. The second-order valence-corrected chi connectivity index (χ2v) is 3.48. The number of aliphatic carboxylic acids is 1. The summed E-state index contributed by atoms with van der Waals surface area (Å²) in [6.45, 7) is -0.150. The van der Waals surface area contributed by atoms with E-state index in [0.717, 1.165) is 9.80 Å². The number of likely N-dealkylation sites (N-methyl/N-ethyl adjacent to an activating group) is 1. The molecule has 8 nitrogen and oxygen atoms in total. The molecule has 8 heteroatoms. The van der Waals surface area contributed by atoms with Gasteiger partial charge in [-0.3, -0.25) is 19.2 Å². The van der Waals surface area contributed by atoms with Crippen molar-refractivity contribution in [2.75, 3.05) is 26.7 Å². The Hall–Kier alpha value is -2.12. The van der Waals surface area contributed by atoms with Gasteiger partial charge in [-0.05, 0) is 0 Å². The van der Waals surface area contributed by atoms with Gasteiger partial charge in [0, 0.05) is 14.0 Å². The standard InChI is InChI=1S/C9H15N3O5/c1-6(13)11(2)4-8(15)12(3-7(10)14)5-9(16)17/h3-5H2,1-2H3,(H2,10,14)(H,16,17). The molecule has 0 heterocycles. The molecule has 3 amide bonds. The molecule has 0 rings (SSSR count). The van der Waals surface area contributed by atoms with Crippen LogP contribution in [0.2, 0.25) is 0 Å². The van der Waals surface area contributed by atoms with Crippen molar-refractivity contribution < 1.29 is 24.3 Å². The Balaban J connectivity index is 4.57. The van der Waals surface area contributed by atoms with Gasteiger partial charge in [-0.25, -0.2) is 0 Å². The third-order valence-electron chi connectivity index (χ3n) is 1.94. The average molecular weight is 245 g/mol. The zero-order chi connectivity index (χ0) is 13.6. The number of hydrogen-bond donors (Lipinski definition) is 2. The van der Waals surface area contributed by atoms with Crippen molar-refractivity contribution in [1.29, 1.82) is 0 Å². The van der Waals surface area contributed by atoms with Crippen LogP contribution < -0.4 is 5.73 Å². The van der Waals surface area contributed by atoms with E-state index in [1.54, 1.807) is 0 Å². The predicted octanol–water partition coefficient (Wildman–Crippen LogP) is -2.14. The first-order valence-electron chi connectivity index (χ1n) is 4.73. The molecule has 17 heavy (non-hydrogen) atoms. The van der Waals surface area contributed by atoms with Gasteiger partial charge in [0.25, 0.3) is 0 Å². The van der Waals surface area contributed by atoms with Gasteiger partial charge in [-0.1, -0.05) is 0 Å². The zero-order valence-corrected chi connectivity index (χ0v) is 9.67. The molecular formula is C9H15N3O5. The molecular weight excluding hydrogens is 230 g/mol. The fraction of sp³-hybridized carbons (Fsp3) is 0.556. The number of rotatable bonds is 6. The number of hydrogen-bond acceptors (Lipinski definition) is 4. The zero-order valence-electron chi connectivity index (χ0n) is 9.67. The monoisotopic (exact) mass is 245 g/mol. The summed E-state index contributed by atoms with van der Waals surface area (Å²) in [6, 6.07) is 0. The smallest absolute Gasteiger partial charge is 0.323 e. The minimum absolute atomic E-state index is 0.296. The quantitative estimate of drug-likeness (QED) is 0.553. The molecule has 0 fully saturated rings. The number of primary amides is 1. The van der Waals surface area contributed by atoms with Crippen molar-refractivity contribution in [1.82, 2.24) is 9.80 Å². The highest BCUT2D eigenvalue weighted by Crippen LogP contribution is 1.93. The fourth-order valence-electron chi connectivity index (χ4n) is 0.998. The lowest BCUT2D eigenvalue weighted by atomic mass is 10.4. The molecule has 0 atom stereocenters. The first-order valence-corrected chi connectivity index (χ1v) is 4.73. The van der Waals surface area contributed by atoms with E-state index in [1.165, 1.54) is 14.0 Å². The number of carbonyl (C=O) groups excluding carboxylic acids is 3. The minimum Gasteiger partial charge on any atom is -0.480 e. The molecule has 0 aromatic carbocycles. The summed E-state index contributed by atoms with van der Waals surface area (Å²) in [6.07, 6.45) is 0. The van der Waals surface area contributed by atoms with Crippen molar-refractivity contribution in [3.63, 3.8) is 0 Å². The highest BCUT2D eigenvalue weighted by Gasteiger charge is 2.20. The molecule has 0 bridgehead atoms. The van der Waals surface area contributed by atoms with E-state index in [1.807, 2.05) is 0 Å². The molecule has 0 spiro atoms. The molecule has 0 aliphatic rings. The summed E-state index contributed by atoms with van der Waals surface area (Å²) in [7, 11) is 1.39. The highest BCUT2D eigenvalue weighted by atomic mass is 16.4. The van der Waals surface area contributed by atoms with Crippen molar-refractivity contribution in [3.8, 4) is 0 Å². The van der Waals surface area contributed by atoms with Crippen LogP contribution in [0.3, 0.4) is 0 Å². The molecule has 0 saturated carbocycles. The van der Waals surface area contributed by atoms with Crippen LogP contribution in [0.1, 0.15) is 6.92 Å². The van der Waals surface area contributed by atoms with Crippen LogP contribution in [0.15, 0.2) is 0 Å². The molecule has 0 aromatic rings. The second-order valence-electron chi connectivity index (χ2n) is 3.48. The van der Waals surface area contributed by atoms with Gasteiger partial charge in [-0.15, -0.1) is 0 Å². The number of nitrogens with zero attached hydrogens (tertiary/aromatic N) is 2. The maximum atomic E-state index is 11.6. The van der Waals surface area contributed by atoms with Gasteiger partial charge in [0.2, 0.25) is 17.7 Å². The van der Waals surface area contributed by atoms with E-state index in [-0.39, 0.29) is 12.5 Å². The van der Waals surface area contributed by atoms with E-state index in [2.05, 4.69) is 0 Å². The SMILES string of the molecule is CC(=O)N(C)CC(=O)N(CC(N)=O)CC(=O)O. The van der Waals surface area contributed by atoms with E-state index < -0.39 is 30.9 Å². The molecule has 0 radical (unpaired) electrons. The van der Waals surface area contributed by atoms with Crippen LogP contribution in [0.4, 0.5) is 0 Å². The van der Waals surface area contributed by atoms with E-state index in [9.17, 15) is 19.2 Å². The van der Waals surface area contributed by atoms with Crippen LogP contribution >= 0.6 is 0 Å². The van der Waals surface area contributed by atoms with Gasteiger partial charge in [0.05, 0.1) is 13.1 Å². The third-order valence-corrected chi connectivity index (χ3v) is 1.94. The average Bonchev–Trinajstić information content (AvgIpc) is 2.14. The lowest BCUT2D eigenvalue weighted by Gasteiger charge is -2.22. The molecule has 0 aliphatic carbocycles. The van der Waals surface area contributed by atoms with Gasteiger partial charge in [0.15, 0.2) is 0 Å². The molecule has 0 aromatic heterocycles. The highest BCUT2D eigenvalue weighted by molar-refractivity contribution is 5.89. The summed E-state index contributed by atoms with van der Waals surface area (Å²) in [5.74, 6) is -3.06. The van der Waals surface area contributed by atoms with Gasteiger partial charge < -0.3 is 20.6 Å². The Morgan fingerprint density at radius 1 is 1.12 bits per heavy atom. The summed E-state index contributed by atoms with van der Waals surface area (Å²) in [5.41, 5.74) is 4.89.